The second kappa shape index (κ2) is 28.6. The molecule has 0 radical (unpaired) electrons. The van der Waals surface area contributed by atoms with Gasteiger partial charge >= 0.3 is 285 Å². The molecule has 0 aromatic rings. The molecule has 6 N–H and O–H groups in total. The van der Waals surface area contributed by atoms with Crippen LogP contribution < -0.4 is 0 Å². The molecular formula is C36H69BiO12. The van der Waals surface area contributed by atoms with Gasteiger partial charge in [-0.3, -0.25) is 0 Å². The Kier molecular flexibility index (Phi) is 28.1. The summed E-state index contributed by atoms with van der Waals surface area (Å²) in [5, 5.41) is 62.4. The smallest absolute Gasteiger partial charge is 0.0654 e. The number of carbonyl (C=O) groups is 3. The maximum absolute atomic E-state index is 12.7. The molecule has 290 valence electrons. The van der Waals surface area contributed by atoms with E-state index in [0.29, 0.717) is 19.3 Å². The number of carbonyl (C=O) groups excluding carboxylic acids is 3. The van der Waals surface area contributed by atoms with Crippen molar-refractivity contribution in [2.45, 2.75) is 211 Å². The third-order valence-corrected chi connectivity index (χ3v) is 12.3. The van der Waals surface area contributed by atoms with Crippen molar-refractivity contribution < 1.29 is 53.5 Å². The summed E-state index contributed by atoms with van der Waals surface area (Å²) in [6, 6.07) is 0. The van der Waals surface area contributed by atoms with Gasteiger partial charge in [0.25, 0.3) is 0 Å². The first-order valence-corrected chi connectivity index (χ1v) is 23.3. The summed E-state index contributed by atoms with van der Waals surface area (Å²) in [4.78, 5) is 38.2. The van der Waals surface area contributed by atoms with E-state index in [4.69, 9.17) is 8.44 Å². The van der Waals surface area contributed by atoms with Crippen molar-refractivity contribution in [3.63, 3.8) is 0 Å². The summed E-state index contributed by atoms with van der Waals surface area (Å²) in [5.74, 6) is -13.9. The Hall–Kier alpha value is -0.947. The predicted octanol–water partition coefficient (Wildman–Crippen LogP) is 6.24. The molecule has 0 heterocycles. The Balaban J connectivity index is 5.26. The number of aliphatic hydroxyl groups is 6. The van der Waals surface area contributed by atoms with Crippen molar-refractivity contribution in [2.24, 2.45) is 0 Å². The minimum Gasteiger partial charge on any atom is -0.0654 e. The molecule has 0 aliphatic rings. The van der Waals surface area contributed by atoms with Crippen LogP contribution in [0.25, 0.3) is 0 Å². The van der Waals surface area contributed by atoms with Gasteiger partial charge in [-0.1, -0.05) is 20.8 Å². The van der Waals surface area contributed by atoms with Crippen LogP contribution in [0.1, 0.15) is 194 Å². The first-order chi connectivity index (χ1) is 23.2. The summed E-state index contributed by atoms with van der Waals surface area (Å²) in [5.41, 5.74) is 0. The van der Waals surface area contributed by atoms with Gasteiger partial charge in [-0.05, 0) is 0 Å². The summed E-state index contributed by atoms with van der Waals surface area (Å²) in [7, 11) is 0. The van der Waals surface area contributed by atoms with Crippen LogP contribution in [0, 0.1) is 0 Å². The van der Waals surface area contributed by atoms with Gasteiger partial charge < -0.3 is 0 Å². The summed E-state index contributed by atoms with van der Waals surface area (Å²) < 4.78 is 14.9. The third-order valence-electron chi connectivity index (χ3n) is 8.59. The van der Waals surface area contributed by atoms with Gasteiger partial charge in [0.2, 0.25) is 0 Å². The van der Waals surface area contributed by atoms with E-state index in [1.54, 1.807) is 0 Å². The van der Waals surface area contributed by atoms with Crippen molar-refractivity contribution in [3.05, 3.63) is 0 Å². The number of unbranched alkanes of at least 4 members (excludes halogenated alkanes) is 21. The van der Waals surface area contributed by atoms with Crippen LogP contribution in [0.4, 0.5) is 0 Å². The molecule has 0 saturated carbocycles. The van der Waals surface area contributed by atoms with E-state index in [1.807, 2.05) is 0 Å². The Morgan fingerprint density at radius 1 is 0.367 bits per heavy atom. The zero-order valence-electron chi connectivity index (χ0n) is 30.7. The van der Waals surface area contributed by atoms with Crippen molar-refractivity contribution in [1.29, 1.82) is 0 Å². The Labute approximate surface area is 304 Å². The van der Waals surface area contributed by atoms with Gasteiger partial charge in [-0.25, -0.2) is 0 Å². The van der Waals surface area contributed by atoms with Crippen LogP contribution in [0.3, 0.4) is 0 Å². The van der Waals surface area contributed by atoms with Crippen LogP contribution in [0.2, 0.25) is 0 Å². The fourth-order valence-electron chi connectivity index (χ4n) is 5.30. The average Bonchev–Trinajstić information content (AvgIpc) is 3.04. The van der Waals surface area contributed by atoms with Gasteiger partial charge in [0, 0.05) is 0 Å². The van der Waals surface area contributed by atoms with Gasteiger partial charge in [-0.15, -0.1) is 0 Å². The normalized spacial score (nSPS) is 12.4. The molecule has 0 aromatic heterocycles. The summed E-state index contributed by atoms with van der Waals surface area (Å²) >= 11 is -5.22. The quantitative estimate of drug-likeness (QED) is 0.0247. The van der Waals surface area contributed by atoms with Crippen LogP contribution in [-0.4, -0.2) is 89.0 Å². The zero-order valence-corrected chi connectivity index (χ0v) is 34.1. The third kappa shape index (κ3) is 24.8. The van der Waals surface area contributed by atoms with E-state index in [0.717, 1.165) is 116 Å². The molecule has 49 heavy (non-hydrogen) atoms. The SMILES string of the molecule is CCCCCCCCCCC(O)(O)C(=O)[O][Bi]([O]C(=O)C(O)(O)CCCCCCCCCC)[O]C(=O)C(O)(O)CCCCCCCCCC. The molecule has 12 nitrogen and oxygen atoms in total. The first kappa shape index (κ1) is 48.1. The first-order valence-electron chi connectivity index (χ1n) is 19.0. The molecule has 0 aliphatic heterocycles. The molecule has 0 fully saturated rings. The minimum absolute atomic E-state index is 0.277. The second-order valence-electron chi connectivity index (χ2n) is 13.5. The molecule has 0 amide bonds. The molecule has 0 aromatic carbocycles. The second-order valence-corrected chi connectivity index (χ2v) is 17.4. The Bertz CT molecular complexity index is 756. The molecule has 0 unspecified atom stereocenters. The predicted molar refractivity (Wildman–Crippen MR) is 187 cm³/mol. The molecule has 0 rings (SSSR count). The minimum atomic E-state index is -5.22. The summed E-state index contributed by atoms with van der Waals surface area (Å²) in [6.07, 6.45) is 20.4. The van der Waals surface area contributed by atoms with E-state index >= 15 is 0 Å². The zero-order chi connectivity index (χ0) is 37.0. The topological polar surface area (TPSA) is 200 Å². The number of rotatable bonds is 33. The van der Waals surface area contributed by atoms with E-state index in [-0.39, 0.29) is 19.3 Å². The Morgan fingerprint density at radius 2 is 0.551 bits per heavy atom. The van der Waals surface area contributed by atoms with Crippen molar-refractivity contribution >= 4 is 41.0 Å². The van der Waals surface area contributed by atoms with E-state index < -0.39 is 77.6 Å². The fourth-order valence-corrected chi connectivity index (χ4v) is 9.02. The molecule has 0 spiro atoms. The Morgan fingerprint density at radius 3 is 0.755 bits per heavy atom. The van der Waals surface area contributed by atoms with Gasteiger partial charge in [-0.2, -0.15) is 0 Å². The van der Waals surface area contributed by atoms with Gasteiger partial charge in [0.05, 0.1) is 0 Å². The van der Waals surface area contributed by atoms with Crippen molar-refractivity contribution in [2.75, 3.05) is 0 Å². The standard InChI is InChI=1S/3C12H24O4.Bi/c3*1-2-3-4-5-6-7-8-9-10-12(15,16)11(13)14;/h3*15-16H,2-10H2,1H3,(H,13,14);/q;;;+3/p-3. The molecule has 0 saturated heterocycles. The monoisotopic (exact) mass is 902 g/mol. The van der Waals surface area contributed by atoms with Gasteiger partial charge in [0.15, 0.2) is 0 Å². The van der Waals surface area contributed by atoms with E-state index in [9.17, 15) is 45.0 Å². The maximum atomic E-state index is 12.7. The number of hydrogen-bond donors (Lipinski definition) is 6. The van der Waals surface area contributed by atoms with E-state index in [1.165, 1.54) is 0 Å². The van der Waals surface area contributed by atoms with Crippen LogP contribution >= 0.6 is 0 Å². The summed E-state index contributed by atoms with van der Waals surface area (Å²) in [6.45, 7) is 6.38. The van der Waals surface area contributed by atoms with Crippen molar-refractivity contribution in [3.8, 4) is 0 Å². The molecule has 13 heteroatoms. The van der Waals surface area contributed by atoms with Crippen LogP contribution in [0.15, 0.2) is 0 Å². The molecule has 0 atom stereocenters. The molecule has 0 bridgehead atoms. The fraction of sp³-hybridized carbons (Fsp3) is 0.917. The number of hydrogen-bond acceptors (Lipinski definition) is 12. The van der Waals surface area contributed by atoms with Crippen molar-refractivity contribution in [1.82, 2.24) is 0 Å². The average molecular weight is 903 g/mol. The molecule has 0 aliphatic carbocycles. The van der Waals surface area contributed by atoms with Crippen LogP contribution in [-0.2, 0) is 22.8 Å². The van der Waals surface area contributed by atoms with E-state index in [2.05, 4.69) is 20.8 Å². The van der Waals surface area contributed by atoms with Crippen LogP contribution in [0.5, 0.6) is 0 Å². The molecular weight excluding hydrogens is 833 g/mol. The van der Waals surface area contributed by atoms with Gasteiger partial charge in [0.1, 0.15) is 0 Å².